The second kappa shape index (κ2) is 9.22. The molecule has 2 heterocycles. The average molecular weight is 406 g/mol. The minimum absolute atomic E-state index is 0.0974. The van der Waals surface area contributed by atoms with Crippen molar-refractivity contribution in [3.63, 3.8) is 0 Å². The third-order valence-electron chi connectivity index (χ3n) is 5.81. The van der Waals surface area contributed by atoms with Gasteiger partial charge in [0.1, 0.15) is 17.2 Å². The van der Waals surface area contributed by atoms with E-state index in [1.807, 2.05) is 0 Å². The van der Waals surface area contributed by atoms with Gasteiger partial charge in [0.25, 0.3) is 0 Å². The lowest BCUT2D eigenvalue weighted by Crippen LogP contribution is -2.29. The van der Waals surface area contributed by atoms with Crippen molar-refractivity contribution < 1.29 is 22.8 Å². The average Bonchev–Trinajstić information content (AvgIpc) is 3.30. The molecule has 0 radical (unpaired) electrons. The monoisotopic (exact) mass is 406 g/mol. The summed E-state index contributed by atoms with van der Waals surface area (Å²) in [5.74, 6) is 1.26. The molecule has 1 aromatic carbocycles. The van der Waals surface area contributed by atoms with Crippen molar-refractivity contribution in [1.82, 2.24) is 10.5 Å². The Labute approximate surface area is 169 Å². The van der Waals surface area contributed by atoms with Crippen molar-refractivity contribution in [2.24, 2.45) is 0 Å². The number of para-hydroxylation sites is 1. The fraction of sp³-hybridized carbons (Fsp3) is 0.591. The quantitative estimate of drug-likeness (QED) is 0.546. The van der Waals surface area contributed by atoms with Crippen LogP contribution in [0.2, 0.25) is 0 Å². The van der Waals surface area contributed by atoms with Crippen LogP contribution in [0.4, 0.5) is 8.78 Å². The van der Waals surface area contributed by atoms with Gasteiger partial charge in [0, 0.05) is 35.7 Å². The Kier molecular flexibility index (Phi) is 6.45. The molecule has 1 saturated heterocycles. The van der Waals surface area contributed by atoms with Crippen LogP contribution in [0.1, 0.15) is 62.7 Å². The van der Waals surface area contributed by atoms with E-state index in [2.05, 4.69) is 22.1 Å². The van der Waals surface area contributed by atoms with Crippen molar-refractivity contribution in [3.8, 4) is 17.0 Å². The van der Waals surface area contributed by atoms with E-state index in [1.165, 1.54) is 18.9 Å². The fourth-order valence-corrected chi connectivity index (χ4v) is 4.05. The normalized spacial score (nSPS) is 21.8. The third-order valence-corrected chi connectivity index (χ3v) is 5.81. The lowest BCUT2D eigenvalue weighted by molar-refractivity contribution is -0.0494. The van der Waals surface area contributed by atoms with Gasteiger partial charge >= 0.3 is 6.61 Å². The molecular formula is C22H28F2N2O3. The van der Waals surface area contributed by atoms with Crippen molar-refractivity contribution in [1.29, 1.82) is 0 Å². The first-order chi connectivity index (χ1) is 14.2. The summed E-state index contributed by atoms with van der Waals surface area (Å²) in [6, 6.07) is 7.82. The maximum Gasteiger partial charge on any atom is 0.387 e. The van der Waals surface area contributed by atoms with E-state index in [0.717, 1.165) is 37.0 Å². The van der Waals surface area contributed by atoms with E-state index in [1.54, 1.807) is 18.2 Å². The van der Waals surface area contributed by atoms with E-state index in [4.69, 9.17) is 9.26 Å². The van der Waals surface area contributed by atoms with Crippen LogP contribution in [-0.4, -0.2) is 30.5 Å². The maximum absolute atomic E-state index is 12.8. The van der Waals surface area contributed by atoms with Crippen molar-refractivity contribution in [3.05, 3.63) is 35.6 Å². The second-order valence-corrected chi connectivity index (χ2v) is 7.91. The van der Waals surface area contributed by atoms with Gasteiger partial charge in [-0.3, -0.25) is 0 Å². The molecule has 1 aliphatic heterocycles. The minimum atomic E-state index is -2.89. The van der Waals surface area contributed by atoms with Crippen LogP contribution in [0.25, 0.3) is 11.3 Å². The number of alkyl halides is 2. The predicted octanol–water partition coefficient (Wildman–Crippen LogP) is 5.26. The lowest BCUT2D eigenvalue weighted by Gasteiger charge is -2.13. The number of hydrogen-bond acceptors (Lipinski definition) is 5. The van der Waals surface area contributed by atoms with Crippen molar-refractivity contribution >= 4 is 0 Å². The Bertz CT molecular complexity index is 807. The van der Waals surface area contributed by atoms with Crippen LogP contribution in [0.5, 0.6) is 5.75 Å². The Balaban J connectivity index is 1.45. The van der Waals surface area contributed by atoms with Gasteiger partial charge in [-0.05, 0) is 50.7 Å². The number of nitrogens with zero attached hydrogens (tertiary/aromatic N) is 1. The van der Waals surface area contributed by atoms with E-state index < -0.39 is 6.61 Å². The van der Waals surface area contributed by atoms with Crippen LogP contribution in [0.3, 0.4) is 0 Å². The summed E-state index contributed by atoms with van der Waals surface area (Å²) in [5.41, 5.74) is 1.89. The number of hydrogen-bond donors (Lipinski definition) is 1. The highest BCUT2D eigenvalue weighted by atomic mass is 19.3. The number of rotatable bonds is 10. The molecule has 2 aliphatic rings. The molecule has 158 valence electrons. The highest BCUT2D eigenvalue weighted by Gasteiger charge is 2.33. The third kappa shape index (κ3) is 4.95. The number of nitrogens with one attached hydrogen (secondary N) is 1. The standard InChI is InChI=1S/C22H28F2N2O3/c1-2-15-9-10-16(25-15)11-12-27-13-18-20(26-29-21(18)14-7-8-14)17-5-3-4-6-19(17)28-22(23)24/h3-6,14-16,22,25H,2,7-13H2,1H3/t15?,16-/m0/s1. The van der Waals surface area contributed by atoms with Gasteiger partial charge in [-0.25, -0.2) is 0 Å². The lowest BCUT2D eigenvalue weighted by atomic mass is 10.0. The van der Waals surface area contributed by atoms with E-state index >= 15 is 0 Å². The largest absolute Gasteiger partial charge is 0.434 e. The maximum atomic E-state index is 12.8. The molecule has 1 N–H and O–H groups in total. The summed E-state index contributed by atoms with van der Waals surface area (Å²) in [7, 11) is 0. The molecule has 0 amide bonds. The Morgan fingerprint density at radius 2 is 1.97 bits per heavy atom. The van der Waals surface area contributed by atoms with Gasteiger partial charge in [-0.2, -0.15) is 8.78 Å². The molecular weight excluding hydrogens is 378 g/mol. The molecule has 4 rings (SSSR count). The van der Waals surface area contributed by atoms with E-state index in [9.17, 15) is 8.78 Å². The number of halogens is 2. The number of ether oxygens (including phenoxy) is 2. The highest BCUT2D eigenvalue weighted by Crippen LogP contribution is 2.45. The van der Waals surface area contributed by atoms with Crippen LogP contribution in [-0.2, 0) is 11.3 Å². The Hall–Kier alpha value is -1.99. The van der Waals surface area contributed by atoms with Crippen LogP contribution in [0.15, 0.2) is 28.8 Å². The zero-order chi connectivity index (χ0) is 20.2. The van der Waals surface area contributed by atoms with Gasteiger partial charge in [0.15, 0.2) is 0 Å². The molecule has 29 heavy (non-hydrogen) atoms. The van der Waals surface area contributed by atoms with Gasteiger partial charge in [-0.15, -0.1) is 0 Å². The molecule has 7 heteroatoms. The molecule has 1 aliphatic carbocycles. The molecule has 1 aromatic heterocycles. The molecule has 2 atom stereocenters. The Morgan fingerprint density at radius 1 is 1.17 bits per heavy atom. The van der Waals surface area contributed by atoms with Gasteiger partial charge in [0.2, 0.25) is 0 Å². The summed E-state index contributed by atoms with van der Waals surface area (Å²) < 4.78 is 41.9. The van der Waals surface area contributed by atoms with Crippen molar-refractivity contribution in [2.75, 3.05) is 6.61 Å². The molecule has 0 bridgehead atoms. The first-order valence-corrected chi connectivity index (χ1v) is 10.5. The summed E-state index contributed by atoms with van der Waals surface area (Å²) in [6.07, 6.45) is 6.64. The van der Waals surface area contributed by atoms with Gasteiger partial charge in [-0.1, -0.05) is 24.2 Å². The summed E-state index contributed by atoms with van der Waals surface area (Å²) in [5, 5.41) is 7.84. The summed E-state index contributed by atoms with van der Waals surface area (Å²) in [4.78, 5) is 0. The Morgan fingerprint density at radius 3 is 2.69 bits per heavy atom. The molecule has 0 spiro atoms. The number of benzene rings is 1. The molecule has 1 unspecified atom stereocenters. The van der Waals surface area contributed by atoms with E-state index in [0.29, 0.717) is 42.5 Å². The van der Waals surface area contributed by atoms with Crippen LogP contribution < -0.4 is 10.1 Å². The minimum Gasteiger partial charge on any atom is -0.434 e. The second-order valence-electron chi connectivity index (χ2n) is 7.91. The van der Waals surface area contributed by atoms with Crippen LogP contribution >= 0.6 is 0 Å². The van der Waals surface area contributed by atoms with Gasteiger partial charge < -0.3 is 19.3 Å². The highest BCUT2D eigenvalue weighted by molar-refractivity contribution is 5.70. The summed E-state index contributed by atoms with van der Waals surface area (Å²) >= 11 is 0. The molecule has 2 aromatic rings. The summed E-state index contributed by atoms with van der Waals surface area (Å²) in [6.45, 7) is 0.311. The predicted molar refractivity (Wildman–Crippen MR) is 105 cm³/mol. The fourth-order valence-electron chi connectivity index (χ4n) is 4.05. The van der Waals surface area contributed by atoms with E-state index in [-0.39, 0.29) is 5.75 Å². The first kappa shape index (κ1) is 20.3. The zero-order valence-corrected chi connectivity index (χ0v) is 16.7. The SMILES string of the molecule is CCC1CC[C@@H](CCOCc2c(-c3ccccc3OC(F)F)noc2C2CC2)N1. The molecule has 5 nitrogen and oxygen atoms in total. The molecule has 1 saturated carbocycles. The van der Waals surface area contributed by atoms with Crippen LogP contribution in [0, 0.1) is 0 Å². The topological polar surface area (TPSA) is 56.5 Å². The number of aromatic nitrogens is 1. The zero-order valence-electron chi connectivity index (χ0n) is 16.7. The first-order valence-electron chi connectivity index (χ1n) is 10.5. The van der Waals surface area contributed by atoms with Crippen molar-refractivity contribution in [2.45, 2.75) is 76.7 Å². The molecule has 2 fully saturated rings. The smallest absolute Gasteiger partial charge is 0.387 e. The van der Waals surface area contributed by atoms with Gasteiger partial charge in [0.05, 0.1) is 6.61 Å².